The van der Waals surface area contributed by atoms with Crippen LogP contribution in [0.15, 0.2) is 78.9 Å². The maximum absolute atomic E-state index is 12.5. The minimum atomic E-state index is -0.559. The quantitative estimate of drug-likeness (QED) is 0.585. The van der Waals surface area contributed by atoms with Gasteiger partial charge in [-0.15, -0.1) is 0 Å². The second kappa shape index (κ2) is 9.18. The molecule has 0 saturated carbocycles. The maximum Gasteiger partial charge on any atom is 0.271 e. The monoisotopic (exact) mass is 389 g/mol. The van der Waals surface area contributed by atoms with Gasteiger partial charge in [0.25, 0.3) is 17.7 Å². The van der Waals surface area contributed by atoms with Crippen molar-refractivity contribution in [3.63, 3.8) is 0 Å². The van der Waals surface area contributed by atoms with E-state index in [0.29, 0.717) is 22.6 Å². The van der Waals surface area contributed by atoms with Gasteiger partial charge < -0.3 is 10.1 Å². The van der Waals surface area contributed by atoms with Gasteiger partial charge in [-0.3, -0.25) is 25.2 Å². The molecule has 0 heterocycles. The number of para-hydroxylation sites is 1. The first-order valence-corrected chi connectivity index (χ1v) is 8.78. The predicted molar refractivity (Wildman–Crippen MR) is 109 cm³/mol. The van der Waals surface area contributed by atoms with Gasteiger partial charge >= 0.3 is 0 Å². The lowest BCUT2D eigenvalue weighted by Gasteiger charge is -2.12. The standard InChI is InChI=1S/C22H19N3O4/c1-29-17-13-11-16(12-14-17)21(27)24-25-22(28)18-9-5-6-10-19(18)23-20(26)15-7-3-2-4-8-15/h2-14H,1H3,(H,23,26)(H,24,27)(H,25,28). The third kappa shape index (κ3) is 4.98. The van der Waals surface area contributed by atoms with E-state index in [2.05, 4.69) is 16.2 Å². The lowest BCUT2D eigenvalue weighted by molar-refractivity contribution is 0.0847. The van der Waals surface area contributed by atoms with Crippen molar-refractivity contribution >= 4 is 23.4 Å². The van der Waals surface area contributed by atoms with Crippen LogP contribution < -0.4 is 20.9 Å². The van der Waals surface area contributed by atoms with Gasteiger partial charge in [0.1, 0.15) is 5.75 Å². The van der Waals surface area contributed by atoms with E-state index in [1.54, 1.807) is 72.8 Å². The molecule has 3 amide bonds. The average Bonchev–Trinajstić information content (AvgIpc) is 2.78. The van der Waals surface area contributed by atoms with Crippen molar-refractivity contribution in [2.24, 2.45) is 0 Å². The number of hydrazine groups is 1. The van der Waals surface area contributed by atoms with Crippen molar-refractivity contribution in [1.29, 1.82) is 0 Å². The van der Waals surface area contributed by atoms with Gasteiger partial charge in [-0.2, -0.15) is 0 Å². The Labute approximate surface area is 167 Å². The van der Waals surface area contributed by atoms with Crippen LogP contribution in [0.5, 0.6) is 5.75 Å². The highest BCUT2D eigenvalue weighted by Gasteiger charge is 2.15. The average molecular weight is 389 g/mol. The molecule has 0 saturated heterocycles. The summed E-state index contributed by atoms with van der Waals surface area (Å²) < 4.78 is 5.05. The molecule has 0 aromatic heterocycles. The summed E-state index contributed by atoms with van der Waals surface area (Å²) in [5.41, 5.74) is 6.09. The van der Waals surface area contributed by atoms with E-state index in [4.69, 9.17) is 4.74 Å². The summed E-state index contributed by atoms with van der Waals surface area (Å²) in [6.07, 6.45) is 0. The van der Waals surface area contributed by atoms with Crippen LogP contribution in [0.3, 0.4) is 0 Å². The smallest absolute Gasteiger partial charge is 0.271 e. The van der Waals surface area contributed by atoms with Crippen LogP contribution in [0.4, 0.5) is 5.69 Å². The summed E-state index contributed by atoms with van der Waals surface area (Å²) in [4.78, 5) is 37.1. The molecule has 146 valence electrons. The molecule has 0 atom stereocenters. The molecule has 0 aliphatic rings. The first-order valence-electron chi connectivity index (χ1n) is 8.78. The number of hydrogen-bond donors (Lipinski definition) is 3. The van der Waals surface area contributed by atoms with Crippen LogP contribution in [0.25, 0.3) is 0 Å². The van der Waals surface area contributed by atoms with E-state index in [-0.39, 0.29) is 11.5 Å². The fourth-order valence-electron chi connectivity index (χ4n) is 2.57. The van der Waals surface area contributed by atoms with Crippen LogP contribution in [0, 0.1) is 0 Å². The fourth-order valence-corrected chi connectivity index (χ4v) is 2.57. The number of methoxy groups -OCH3 is 1. The SMILES string of the molecule is COc1ccc(C(=O)NNC(=O)c2ccccc2NC(=O)c2ccccc2)cc1. The van der Waals surface area contributed by atoms with E-state index in [1.165, 1.54) is 7.11 Å². The predicted octanol–water partition coefficient (Wildman–Crippen LogP) is 3.02. The van der Waals surface area contributed by atoms with Gasteiger partial charge in [-0.05, 0) is 48.5 Å². The number of carbonyl (C=O) groups excluding carboxylic acids is 3. The van der Waals surface area contributed by atoms with Crippen molar-refractivity contribution < 1.29 is 19.1 Å². The van der Waals surface area contributed by atoms with Crippen LogP contribution in [0.2, 0.25) is 0 Å². The Hall–Kier alpha value is -4.13. The van der Waals surface area contributed by atoms with Crippen molar-refractivity contribution in [3.8, 4) is 5.75 Å². The third-order valence-corrected chi connectivity index (χ3v) is 4.10. The fraction of sp³-hybridized carbons (Fsp3) is 0.0455. The van der Waals surface area contributed by atoms with Crippen LogP contribution >= 0.6 is 0 Å². The molecule has 0 spiro atoms. The number of amides is 3. The van der Waals surface area contributed by atoms with E-state index in [0.717, 1.165) is 0 Å². The molecule has 3 N–H and O–H groups in total. The third-order valence-electron chi connectivity index (χ3n) is 4.10. The summed E-state index contributed by atoms with van der Waals surface area (Å²) in [5, 5.41) is 2.71. The highest BCUT2D eigenvalue weighted by molar-refractivity contribution is 6.09. The number of ether oxygens (including phenoxy) is 1. The molecule has 3 aromatic carbocycles. The summed E-state index contributed by atoms with van der Waals surface area (Å²) in [7, 11) is 1.53. The Morgan fingerprint density at radius 2 is 1.24 bits per heavy atom. The zero-order valence-electron chi connectivity index (χ0n) is 15.6. The van der Waals surface area contributed by atoms with Crippen molar-refractivity contribution in [2.45, 2.75) is 0 Å². The summed E-state index contributed by atoms with van der Waals surface area (Å²) in [5.74, 6) is -0.760. The Morgan fingerprint density at radius 3 is 1.93 bits per heavy atom. The molecule has 0 aliphatic heterocycles. The summed E-state index contributed by atoms with van der Waals surface area (Å²) >= 11 is 0. The number of anilines is 1. The Morgan fingerprint density at radius 1 is 0.655 bits per heavy atom. The van der Waals surface area contributed by atoms with E-state index in [9.17, 15) is 14.4 Å². The van der Waals surface area contributed by atoms with Gasteiger partial charge in [-0.1, -0.05) is 30.3 Å². The number of carbonyl (C=O) groups is 3. The van der Waals surface area contributed by atoms with Crippen LogP contribution in [-0.2, 0) is 0 Å². The molecule has 7 nitrogen and oxygen atoms in total. The first kappa shape index (κ1) is 19.6. The van der Waals surface area contributed by atoms with E-state index < -0.39 is 11.8 Å². The largest absolute Gasteiger partial charge is 0.497 e. The number of rotatable bonds is 5. The van der Waals surface area contributed by atoms with E-state index in [1.807, 2.05) is 6.07 Å². The van der Waals surface area contributed by atoms with Crippen LogP contribution in [-0.4, -0.2) is 24.8 Å². The van der Waals surface area contributed by atoms with Crippen LogP contribution in [0.1, 0.15) is 31.1 Å². The molecule has 7 heteroatoms. The topological polar surface area (TPSA) is 96.5 Å². The summed E-state index contributed by atoms with van der Waals surface area (Å²) in [6.45, 7) is 0. The number of nitrogens with one attached hydrogen (secondary N) is 3. The molecule has 0 radical (unpaired) electrons. The second-order valence-corrected chi connectivity index (χ2v) is 6.00. The van der Waals surface area contributed by atoms with Gasteiger partial charge in [-0.25, -0.2) is 0 Å². The molecule has 3 rings (SSSR count). The normalized spacial score (nSPS) is 9.97. The van der Waals surface area contributed by atoms with Crippen molar-refractivity contribution in [2.75, 3.05) is 12.4 Å². The van der Waals surface area contributed by atoms with Gasteiger partial charge in [0.2, 0.25) is 0 Å². The van der Waals surface area contributed by atoms with Crippen molar-refractivity contribution in [1.82, 2.24) is 10.9 Å². The van der Waals surface area contributed by atoms with Gasteiger partial charge in [0, 0.05) is 11.1 Å². The zero-order valence-corrected chi connectivity index (χ0v) is 15.6. The number of hydrogen-bond acceptors (Lipinski definition) is 4. The molecule has 3 aromatic rings. The molecule has 0 unspecified atom stereocenters. The lowest BCUT2D eigenvalue weighted by atomic mass is 10.1. The van der Waals surface area contributed by atoms with Gasteiger partial charge in [0.15, 0.2) is 0 Å². The highest BCUT2D eigenvalue weighted by atomic mass is 16.5. The Kier molecular flexibility index (Phi) is 6.22. The van der Waals surface area contributed by atoms with Crippen molar-refractivity contribution in [3.05, 3.63) is 95.6 Å². The van der Waals surface area contributed by atoms with Gasteiger partial charge in [0.05, 0.1) is 18.4 Å². The summed E-state index contributed by atoms with van der Waals surface area (Å²) in [6, 6.07) is 21.6. The minimum absolute atomic E-state index is 0.215. The molecule has 0 fully saturated rings. The molecule has 29 heavy (non-hydrogen) atoms. The Balaban J connectivity index is 1.66. The number of benzene rings is 3. The highest BCUT2D eigenvalue weighted by Crippen LogP contribution is 2.16. The second-order valence-electron chi connectivity index (χ2n) is 6.00. The lowest BCUT2D eigenvalue weighted by Crippen LogP contribution is -2.41. The first-order chi connectivity index (χ1) is 14.1. The minimum Gasteiger partial charge on any atom is -0.497 e. The zero-order chi connectivity index (χ0) is 20.6. The maximum atomic E-state index is 12.5. The van der Waals surface area contributed by atoms with E-state index >= 15 is 0 Å². The molecule has 0 bridgehead atoms. The molecular weight excluding hydrogens is 370 g/mol. The Bertz CT molecular complexity index is 1020. The molecule has 0 aliphatic carbocycles. The molecular formula is C22H19N3O4.